The summed E-state index contributed by atoms with van der Waals surface area (Å²) in [5.41, 5.74) is 1.09. The number of likely N-dealkylation sites (N-methyl/N-ethyl adjacent to an activating group) is 1. The second-order valence-electron chi connectivity index (χ2n) is 6.21. The second-order valence-corrected chi connectivity index (χ2v) is 7.06. The Morgan fingerprint density at radius 1 is 1.12 bits per heavy atom. The average Bonchev–Trinajstić information content (AvgIpc) is 2.60. The minimum absolute atomic E-state index is 0.146. The molecule has 1 N–H and O–H groups in total. The molecule has 0 aromatic heterocycles. The lowest BCUT2D eigenvalue weighted by Crippen LogP contribution is -2.32. The highest BCUT2D eigenvalue weighted by Crippen LogP contribution is 2.31. The molecule has 1 unspecified atom stereocenters. The van der Waals surface area contributed by atoms with Gasteiger partial charge in [0.1, 0.15) is 31.7 Å². The van der Waals surface area contributed by atoms with Crippen LogP contribution in [0.1, 0.15) is 5.56 Å². The van der Waals surface area contributed by atoms with Crippen molar-refractivity contribution < 1.29 is 19.3 Å². The Labute approximate surface area is 163 Å². The van der Waals surface area contributed by atoms with Crippen molar-refractivity contribution in [2.45, 2.75) is 12.6 Å². The minimum atomic E-state index is -0.649. The molecule has 0 saturated carbocycles. The van der Waals surface area contributed by atoms with Crippen LogP contribution in [0.3, 0.4) is 0 Å². The predicted octanol–water partition coefficient (Wildman–Crippen LogP) is 3.64. The monoisotopic (exact) mass is 397 g/mol. The van der Waals surface area contributed by atoms with Gasteiger partial charge in [-0.1, -0.05) is 29.3 Å². The normalized spacial score (nSPS) is 14.3. The highest BCUT2D eigenvalue weighted by Gasteiger charge is 2.14. The fourth-order valence-corrected chi connectivity index (χ4v) is 3.22. The molecular weight excluding hydrogens is 377 g/mol. The molecule has 0 spiro atoms. The van der Waals surface area contributed by atoms with Gasteiger partial charge < -0.3 is 19.3 Å². The van der Waals surface area contributed by atoms with Crippen LogP contribution in [0.5, 0.6) is 17.2 Å². The van der Waals surface area contributed by atoms with E-state index < -0.39 is 6.10 Å². The van der Waals surface area contributed by atoms with Gasteiger partial charge in [-0.05, 0) is 42.9 Å². The van der Waals surface area contributed by atoms with E-state index in [-0.39, 0.29) is 6.61 Å². The summed E-state index contributed by atoms with van der Waals surface area (Å²) in [6.07, 6.45) is -0.649. The third kappa shape index (κ3) is 5.17. The number of hydrogen-bond acceptors (Lipinski definition) is 5. The fraction of sp³-hybridized carbons (Fsp3) is 0.368. The van der Waals surface area contributed by atoms with Crippen molar-refractivity contribution in [3.8, 4) is 17.2 Å². The van der Waals surface area contributed by atoms with E-state index in [1.54, 1.807) is 18.2 Å². The van der Waals surface area contributed by atoms with Gasteiger partial charge in [0.05, 0.1) is 5.02 Å². The Bertz CT molecular complexity index is 756. The molecular formula is C19H21Cl2NO4. The first-order valence-electron chi connectivity index (χ1n) is 8.34. The van der Waals surface area contributed by atoms with E-state index in [4.69, 9.17) is 37.4 Å². The van der Waals surface area contributed by atoms with Crippen molar-refractivity contribution in [3.05, 3.63) is 52.0 Å². The number of hydrogen-bond donors (Lipinski definition) is 1. The molecule has 3 rings (SSSR count). The molecule has 1 atom stereocenters. The maximum absolute atomic E-state index is 10.2. The maximum Gasteiger partial charge on any atom is 0.161 e. The summed E-state index contributed by atoms with van der Waals surface area (Å²) in [5, 5.41) is 11.2. The number of ether oxygens (including phenoxy) is 3. The van der Waals surface area contributed by atoms with Crippen molar-refractivity contribution in [2.24, 2.45) is 0 Å². The lowest BCUT2D eigenvalue weighted by atomic mass is 10.2. The van der Waals surface area contributed by atoms with Gasteiger partial charge in [-0.2, -0.15) is 0 Å². The molecule has 0 radical (unpaired) electrons. The van der Waals surface area contributed by atoms with Gasteiger partial charge >= 0.3 is 0 Å². The van der Waals surface area contributed by atoms with Crippen molar-refractivity contribution >= 4 is 23.2 Å². The van der Waals surface area contributed by atoms with Crippen molar-refractivity contribution in [3.63, 3.8) is 0 Å². The third-order valence-corrected chi connectivity index (χ3v) is 4.44. The quantitative estimate of drug-likeness (QED) is 0.772. The van der Waals surface area contributed by atoms with Crippen LogP contribution in [-0.2, 0) is 6.54 Å². The third-order valence-electron chi connectivity index (χ3n) is 3.91. The molecule has 0 bridgehead atoms. The standard InChI is InChI=1S/C19H21Cl2NO4/c1-22(10-13-2-4-18-19(8-13)25-7-6-24-18)11-15(23)12-26-17-5-3-14(20)9-16(17)21/h2-5,8-9,15,23H,6-7,10-12H2,1H3. The van der Waals surface area contributed by atoms with Crippen LogP contribution in [0.15, 0.2) is 36.4 Å². The fourth-order valence-electron chi connectivity index (χ4n) is 2.75. The van der Waals surface area contributed by atoms with Crippen LogP contribution in [-0.4, -0.2) is 49.5 Å². The lowest BCUT2D eigenvalue weighted by molar-refractivity contribution is 0.0744. The maximum atomic E-state index is 10.2. The van der Waals surface area contributed by atoms with E-state index in [1.165, 1.54) is 0 Å². The van der Waals surface area contributed by atoms with Crippen LogP contribution >= 0.6 is 23.2 Å². The number of fused-ring (bicyclic) bond motifs is 1. The highest BCUT2D eigenvalue weighted by molar-refractivity contribution is 6.35. The number of rotatable bonds is 7. The molecule has 1 heterocycles. The molecule has 0 saturated heterocycles. The summed E-state index contributed by atoms with van der Waals surface area (Å²) in [6, 6.07) is 10.9. The van der Waals surface area contributed by atoms with Gasteiger partial charge in [0.25, 0.3) is 0 Å². The Morgan fingerprint density at radius 3 is 2.65 bits per heavy atom. The number of halogens is 2. The van der Waals surface area contributed by atoms with Gasteiger partial charge in [0.2, 0.25) is 0 Å². The molecule has 1 aliphatic heterocycles. The van der Waals surface area contributed by atoms with E-state index in [1.807, 2.05) is 30.1 Å². The summed E-state index contributed by atoms with van der Waals surface area (Å²) >= 11 is 11.9. The summed E-state index contributed by atoms with van der Waals surface area (Å²) in [6.45, 7) is 2.42. The van der Waals surface area contributed by atoms with E-state index >= 15 is 0 Å². The molecule has 140 valence electrons. The van der Waals surface area contributed by atoms with E-state index in [9.17, 15) is 5.11 Å². The largest absolute Gasteiger partial charge is 0.489 e. The molecule has 7 heteroatoms. The zero-order chi connectivity index (χ0) is 18.5. The van der Waals surface area contributed by atoms with E-state index in [0.29, 0.717) is 42.1 Å². The summed E-state index contributed by atoms with van der Waals surface area (Å²) in [4.78, 5) is 2.02. The van der Waals surface area contributed by atoms with Crippen molar-refractivity contribution in [1.82, 2.24) is 4.90 Å². The molecule has 0 amide bonds. The van der Waals surface area contributed by atoms with Crippen LogP contribution in [0.2, 0.25) is 10.0 Å². The zero-order valence-corrected chi connectivity index (χ0v) is 16.0. The molecule has 2 aromatic rings. The van der Waals surface area contributed by atoms with Crippen molar-refractivity contribution in [2.75, 3.05) is 33.4 Å². The molecule has 1 aliphatic rings. The number of aliphatic hydroxyl groups is 1. The van der Waals surface area contributed by atoms with Crippen LogP contribution in [0.25, 0.3) is 0 Å². The SMILES string of the molecule is CN(Cc1ccc2c(c1)OCCO2)CC(O)COc1ccc(Cl)cc1Cl. The predicted molar refractivity (Wildman–Crippen MR) is 102 cm³/mol. The van der Waals surface area contributed by atoms with Gasteiger partial charge in [-0.15, -0.1) is 0 Å². The van der Waals surface area contributed by atoms with Gasteiger partial charge in [0, 0.05) is 18.1 Å². The first kappa shape index (κ1) is 19.1. The van der Waals surface area contributed by atoms with Crippen LogP contribution < -0.4 is 14.2 Å². The van der Waals surface area contributed by atoms with Gasteiger partial charge in [0.15, 0.2) is 11.5 Å². The number of aliphatic hydroxyl groups excluding tert-OH is 1. The summed E-state index contributed by atoms with van der Waals surface area (Å²) in [5.74, 6) is 2.05. The molecule has 0 aliphatic carbocycles. The van der Waals surface area contributed by atoms with E-state index in [0.717, 1.165) is 17.1 Å². The van der Waals surface area contributed by atoms with Crippen LogP contribution in [0, 0.1) is 0 Å². The van der Waals surface area contributed by atoms with Gasteiger partial charge in [-0.25, -0.2) is 0 Å². The zero-order valence-electron chi connectivity index (χ0n) is 14.5. The highest BCUT2D eigenvalue weighted by atomic mass is 35.5. The first-order chi connectivity index (χ1) is 12.5. The lowest BCUT2D eigenvalue weighted by Gasteiger charge is -2.23. The Balaban J connectivity index is 1.48. The van der Waals surface area contributed by atoms with Crippen molar-refractivity contribution in [1.29, 1.82) is 0 Å². The molecule has 0 fully saturated rings. The minimum Gasteiger partial charge on any atom is -0.489 e. The smallest absolute Gasteiger partial charge is 0.161 e. The summed E-state index contributed by atoms with van der Waals surface area (Å²) < 4.78 is 16.7. The first-order valence-corrected chi connectivity index (χ1v) is 9.10. The molecule has 26 heavy (non-hydrogen) atoms. The average molecular weight is 398 g/mol. The van der Waals surface area contributed by atoms with E-state index in [2.05, 4.69) is 0 Å². The molecule has 5 nitrogen and oxygen atoms in total. The summed E-state index contributed by atoms with van der Waals surface area (Å²) in [7, 11) is 1.94. The molecule has 2 aromatic carbocycles. The van der Waals surface area contributed by atoms with Crippen LogP contribution in [0.4, 0.5) is 0 Å². The Hall–Kier alpha value is -1.66. The Morgan fingerprint density at radius 2 is 1.88 bits per heavy atom. The second kappa shape index (κ2) is 8.82. The Kier molecular flexibility index (Phi) is 6.48. The number of nitrogens with zero attached hydrogens (tertiary/aromatic N) is 1. The topological polar surface area (TPSA) is 51.2 Å². The van der Waals surface area contributed by atoms with Gasteiger partial charge in [-0.3, -0.25) is 4.90 Å². The number of benzene rings is 2.